The van der Waals surface area contributed by atoms with Crippen molar-refractivity contribution in [3.8, 4) is 11.5 Å². The van der Waals surface area contributed by atoms with Crippen LogP contribution >= 0.6 is 23.5 Å². The van der Waals surface area contributed by atoms with Crippen molar-refractivity contribution >= 4 is 46.6 Å². The zero-order valence-corrected chi connectivity index (χ0v) is 26.2. The maximum atomic E-state index is 13.7. The minimum atomic E-state index is -0.532. The Kier molecular flexibility index (Phi) is 7.11. The van der Waals surface area contributed by atoms with E-state index in [9.17, 15) is 9.59 Å². The molecule has 2 aliphatic heterocycles. The van der Waals surface area contributed by atoms with E-state index < -0.39 is 11.9 Å². The van der Waals surface area contributed by atoms with Crippen LogP contribution in [0.5, 0.6) is 11.5 Å². The van der Waals surface area contributed by atoms with Crippen LogP contribution < -0.4 is 9.47 Å². The molecule has 0 unspecified atom stereocenters. The van der Waals surface area contributed by atoms with E-state index in [0.717, 1.165) is 30.7 Å². The molecule has 4 nitrogen and oxygen atoms in total. The van der Waals surface area contributed by atoms with Crippen molar-refractivity contribution in [2.75, 3.05) is 0 Å². The first-order chi connectivity index (χ1) is 19.9. The summed E-state index contributed by atoms with van der Waals surface area (Å²) in [7, 11) is 0. The van der Waals surface area contributed by atoms with Crippen LogP contribution in [0.25, 0.3) is 11.1 Å². The molecule has 4 aromatic rings. The van der Waals surface area contributed by atoms with Gasteiger partial charge in [-0.05, 0) is 59.4 Å². The summed E-state index contributed by atoms with van der Waals surface area (Å²) in [4.78, 5) is 31.5. The van der Waals surface area contributed by atoms with Crippen molar-refractivity contribution in [1.82, 2.24) is 0 Å². The SMILES string of the molecule is CC(C)(C)c1cc(Sc2ccccc2)cc2c1OC(=O)C2=C1C(=O)Oc2c1cc(Sc1ccccc1)cc2C(C)(C)C. The van der Waals surface area contributed by atoms with Gasteiger partial charge in [-0.3, -0.25) is 0 Å². The monoisotopic (exact) mass is 592 g/mol. The summed E-state index contributed by atoms with van der Waals surface area (Å²) in [5.41, 5.74) is 3.01. The van der Waals surface area contributed by atoms with Crippen LogP contribution in [0.4, 0.5) is 0 Å². The molecule has 4 aromatic carbocycles. The van der Waals surface area contributed by atoms with Gasteiger partial charge in [-0.15, -0.1) is 0 Å². The summed E-state index contributed by atoms with van der Waals surface area (Å²) in [6.07, 6.45) is 0. The zero-order valence-electron chi connectivity index (χ0n) is 24.5. The first-order valence-electron chi connectivity index (χ1n) is 13.9. The highest BCUT2D eigenvalue weighted by Crippen LogP contribution is 2.52. The standard InChI is InChI=1S/C36H32O4S2/c1-35(2,3)27-19-23(41-21-13-9-7-10-14-21)17-25-29(33(37)39-31(25)27)30-26-18-24(42-22-15-11-8-12-16-22)20-28(36(4,5)6)32(26)40-34(30)38/h7-20H,1-6H3. The van der Waals surface area contributed by atoms with Crippen molar-refractivity contribution in [3.63, 3.8) is 0 Å². The largest absolute Gasteiger partial charge is 0.422 e. The van der Waals surface area contributed by atoms with Gasteiger partial charge in [0.15, 0.2) is 0 Å². The Balaban J connectivity index is 1.58. The Bertz CT molecular complexity index is 1630. The van der Waals surface area contributed by atoms with Crippen molar-refractivity contribution in [1.29, 1.82) is 0 Å². The number of ether oxygens (including phenoxy) is 2. The smallest absolute Gasteiger partial charge is 0.345 e. The summed E-state index contributed by atoms with van der Waals surface area (Å²) in [5.74, 6) is -0.0368. The minimum Gasteiger partial charge on any atom is -0.422 e. The summed E-state index contributed by atoms with van der Waals surface area (Å²) in [5, 5.41) is 0. The molecule has 0 saturated heterocycles. The number of rotatable bonds is 4. The van der Waals surface area contributed by atoms with Gasteiger partial charge in [0, 0.05) is 41.8 Å². The Morgan fingerprint density at radius 3 is 1.19 bits per heavy atom. The second-order valence-corrected chi connectivity index (χ2v) is 14.8. The first kappa shape index (κ1) is 28.4. The van der Waals surface area contributed by atoms with E-state index in [1.165, 1.54) is 0 Å². The molecule has 2 aliphatic rings. The van der Waals surface area contributed by atoms with Gasteiger partial charge in [-0.1, -0.05) is 101 Å². The number of hydrogen-bond acceptors (Lipinski definition) is 6. The van der Waals surface area contributed by atoms with Crippen LogP contribution in [0.1, 0.15) is 63.8 Å². The maximum Gasteiger partial charge on any atom is 0.345 e. The Morgan fingerprint density at radius 1 is 0.500 bits per heavy atom. The highest BCUT2D eigenvalue weighted by molar-refractivity contribution is 7.99. The maximum absolute atomic E-state index is 13.7. The number of carbonyl (C=O) groups is 2. The van der Waals surface area contributed by atoms with Crippen molar-refractivity contribution in [3.05, 3.63) is 107 Å². The van der Waals surface area contributed by atoms with Crippen LogP contribution in [-0.2, 0) is 20.4 Å². The fraction of sp³-hybridized carbons (Fsp3) is 0.222. The van der Waals surface area contributed by atoms with E-state index in [1.54, 1.807) is 23.5 Å². The highest BCUT2D eigenvalue weighted by Gasteiger charge is 2.42. The molecule has 42 heavy (non-hydrogen) atoms. The van der Waals surface area contributed by atoms with Crippen LogP contribution in [0.15, 0.2) is 105 Å². The molecular formula is C36H32O4S2. The normalized spacial score (nSPS) is 16.2. The summed E-state index contributed by atoms with van der Waals surface area (Å²) in [6, 6.07) is 28.3. The molecule has 212 valence electrons. The predicted molar refractivity (Wildman–Crippen MR) is 169 cm³/mol. The van der Waals surface area contributed by atoms with Gasteiger partial charge < -0.3 is 9.47 Å². The minimum absolute atomic E-state index is 0.261. The summed E-state index contributed by atoms with van der Waals surface area (Å²) >= 11 is 3.23. The van der Waals surface area contributed by atoms with Gasteiger partial charge in [-0.2, -0.15) is 0 Å². The Hall–Kier alpha value is -3.74. The number of carbonyl (C=O) groups excluding carboxylic acids is 2. The molecule has 0 amide bonds. The topological polar surface area (TPSA) is 52.6 Å². The second-order valence-electron chi connectivity index (χ2n) is 12.6. The van der Waals surface area contributed by atoms with Crippen molar-refractivity contribution in [2.24, 2.45) is 0 Å². The molecule has 6 heteroatoms. The van der Waals surface area contributed by atoms with Crippen molar-refractivity contribution < 1.29 is 19.1 Å². The molecule has 2 heterocycles. The van der Waals surface area contributed by atoms with E-state index >= 15 is 0 Å². The number of benzene rings is 4. The fourth-order valence-electron chi connectivity index (χ4n) is 5.26. The lowest BCUT2D eigenvalue weighted by Crippen LogP contribution is -2.13. The van der Waals surface area contributed by atoms with E-state index in [4.69, 9.17) is 9.47 Å². The third-order valence-electron chi connectivity index (χ3n) is 7.29. The number of fused-ring (bicyclic) bond motifs is 2. The van der Waals surface area contributed by atoms with E-state index in [0.29, 0.717) is 22.6 Å². The predicted octanol–water partition coefficient (Wildman–Crippen LogP) is 9.33. The van der Waals surface area contributed by atoms with Crippen LogP contribution in [0, 0.1) is 0 Å². The number of hydrogen-bond donors (Lipinski definition) is 0. The number of esters is 2. The lowest BCUT2D eigenvalue weighted by molar-refractivity contribution is -0.129. The lowest BCUT2D eigenvalue weighted by Gasteiger charge is -2.22. The quantitative estimate of drug-likeness (QED) is 0.134. The third-order valence-corrected chi connectivity index (χ3v) is 9.24. The second kappa shape index (κ2) is 10.5. The molecule has 0 bridgehead atoms. The van der Waals surface area contributed by atoms with E-state index in [-0.39, 0.29) is 22.0 Å². The molecule has 0 radical (unpaired) electrons. The average Bonchev–Trinajstić information content (AvgIpc) is 3.42. The fourth-order valence-corrected chi connectivity index (χ4v) is 7.10. The molecule has 0 saturated carbocycles. The molecule has 0 spiro atoms. The van der Waals surface area contributed by atoms with Gasteiger partial charge in [0.1, 0.15) is 11.5 Å². The molecule has 0 aliphatic carbocycles. The molecule has 0 fully saturated rings. The van der Waals surface area contributed by atoms with Gasteiger partial charge in [0.25, 0.3) is 0 Å². The molecular weight excluding hydrogens is 561 g/mol. The Morgan fingerprint density at radius 2 is 0.857 bits per heavy atom. The highest BCUT2D eigenvalue weighted by atomic mass is 32.2. The third kappa shape index (κ3) is 5.30. The summed E-state index contributed by atoms with van der Waals surface area (Å²) < 4.78 is 11.9. The van der Waals surface area contributed by atoms with Crippen LogP contribution in [0.2, 0.25) is 0 Å². The van der Waals surface area contributed by atoms with Crippen molar-refractivity contribution in [2.45, 2.75) is 72.0 Å². The average molecular weight is 593 g/mol. The van der Waals surface area contributed by atoms with Gasteiger partial charge in [-0.25, -0.2) is 9.59 Å². The van der Waals surface area contributed by atoms with Gasteiger partial charge in [0.05, 0.1) is 11.1 Å². The van der Waals surface area contributed by atoms with Crippen LogP contribution in [-0.4, -0.2) is 11.9 Å². The van der Waals surface area contributed by atoms with E-state index in [1.807, 2.05) is 48.5 Å². The molecule has 0 N–H and O–H groups in total. The van der Waals surface area contributed by atoms with Crippen LogP contribution in [0.3, 0.4) is 0 Å². The molecule has 0 atom stereocenters. The molecule has 0 aromatic heterocycles. The van der Waals surface area contributed by atoms with E-state index in [2.05, 4.69) is 77.9 Å². The van der Waals surface area contributed by atoms with Gasteiger partial charge >= 0.3 is 11.9 Å². The zero-order chi connectivity index (χ0) is 29.8. The summed E-state index contributed by atoms with van der Waals surface area (Å²) in [6.45, 7) is 12.6. The molecule has 6 rings (SSSR count). The van der Waals surface area contributed by atoms with Gasteiger partial charge in [0.2, 0.25) is 0 Å². The Labute approximate surface area is 255 Å². The first-order valence-corrected chi connectivity index (χ1v) is 15.6. The lowest BCUT2D eigenvalue weighted by atomic mass is 9.83.